The maximum Gasteiger partial charge on any atom is 0.318 e. The zero-order valence-electron chi connectivity index (χ0n) is 19.2. The summed E-state index contributed by atoms with van der Waals surface area (Å²) in [4.78, 5) is 32.9. The highest BCUT2D eigenvalue weighted by atomic mass is 16.5. The molecule has 0 spiro atoms. The molecule has 1 aliphatic heterocycles. The van der Waals surface area contributed by atoms with Crippen molar-refractivity contribution < 1.29 is 9.53 Å². The number of rotatable bonds is 8. The van der Waals surface area contributed by atoms with Gasteiger partial charge in [0.1, 0.15) is 0 Å². The molecule has 0 atom stereocenters. The SMILES string of the molecule is CCc1ccc2[nH]c(=O)c(CN(CCN3CCOCC3)C(=O)NCc3ccccc3)cc2c1. The second-order valence-electron chi connectivity index (χ2n) is 8.42. The van der Waals surface area contributed by atoms with Crippen LogP contribution in [-0.4, -0.2) is 60.2 Å². The first kappa shape index (κ1) is 23.0. The number of carbonyl (C=O) groups excluding carboxylic acids is 1. The molecular weight excluding hydrogens is 416 g/mol. The van der Waals surface area contributed by atoms with E-state index in [0.29, 0.717) is 31.9 Å². The molecule has 2 N–H and O–H groups in total. The number of benzene rings is 2. The lowest BCUT2D eigenvalue weighted by Gasteiger charge is -2.30. The molecule has 2 aromatic carbocycles. The summed E-state index contributed by atoms with van der Waals surface area (Å²) in [5.41, 5.74) is 3.50. The van der Waals surface area contributed by atoms with Gasteiger partial charge in [-0.25, -0.2) is 4.79 Å². The third kappa shape index (κ3) is 6.21. The predicted octanol–water partition coefficient (Wildman–Crippen LogP) is 3.13. The minimum atomic E-state index is -0.172. The van der Waals surface area contributed by atoms with E-state index in [-0.39, 0.29) is 18.1 Å². The lowest BCUT2D eigenvalue weighted by molar-refractivity contribution is 0.0346. The van der Waals surface area contributed by atoms with Crippen LogP contribution in [0.3, 0.4) is 0 Å². The number of morpholine rings is 1. The van der Waals surface area contributed by atoms with Crippen molar-refractivity contribution >= 4 is 16.9 Å². The van der Waals surface area contributed by atoms with Gasteiger partial charge < -0.3 is 19.9 Å². The van der Waals surface area contributed by atoms with Gasteiger partial charge in [0.2, 0.25) is 0 Å². The molecule has 7 nitrogen and oxygen atoms in total. The van der Waals surface area contributed by atoms with Crippen molar-refractivity contribution in [1.82, 2.24) is 20.1 Å². The normalized spacial score (nSPS) is 14.3. The van der Waals surface area contributed by atoms with E-state index in [1.807, 2.05) is 48.5 Å². The van der Waals surface area contributed by atoms with E-state index in [1.165, 1.54) is 5.56 Å². The molecule has 1 saturated heterocycles. The van der Waals surface area contributed by atoms with Gasteiger partial charge in [-0.05, 0) is 41.1 Å². The monoisotopic (exact) mass is 448 g/mol. The summed E-state index contributed by atoms with van der Waals surface area (Å²) in [7, 11) is 0. The number of urea groups is 1. The summed E-state index contributed by atoms with van der Waals surface area (Å²) in [6.07, 6.45) is 0.929. The number of hydrogen-bond acceptors (Lipinski definition) is 4. The smallest absolute Gasteiger partial charge is 0.318 e. The number of ether oxygens (including phenoxy) is 1. The lowest BCUT2D eigenvalue weighted by Crippen LogP contribution is -2.46. The minimum Gasteiger partial charge on any atom is -0.379 e. The maximum absolute atomic E-state index is 13.1. The number of hydrogen-bond donors (Lipinski definition) is 2. The second-order valence-corrected chi connectivity index (χ2v) is 8.42. The highest BCUT2D eigenvalue weighted by molar-refractivity contribution is 5.80. The molecule has 2 amide bonds. The van der Waals surface area contributed by atoms with E-state index in [0.717, 1.165) is 42.5 Å². The van der Waals surface area contributed by atoms with Crippen molar-refractivity contribution in [3.8, 4) is 0 Å². The molecule has 4 rings (SSSR count). The van der Waals surface area contributed by atoms with Gasteiger partial charge >= 0.3 is 6.03 Å². The molecule has 0 radical (unpaired) electrons. The van der Waals surface area contributed by atoms with Crippen molar-refractivity contribution in [1.29, 1.82) is 0 Å². The third-order valence-corrected chi connectivity index (χ3v) is 6.12. The molecule has 0 saturated carbocycles. The first-order valence-electron chi connectivity index (χ1n) is 11.6. The van der Waals surface area contributed by atoms with Crippen LogP contribution >= 0.6 is 0 Å². The lowest BCUT2D eigenvalue weighted by atomic mass is 10.1. The molecule has 1 aliphatic rings. The molecular formula is C26H32N4O3. The van der Waals surface area contributed by atoms with Gasteiger partial charge in [0.25, 0.3) is 5.56 Å². The minimum absolute atomic E-state index is 0.154. The Balaban J connectivity index is 1.51. The number of nitrogens with zero attached hydrogens (tertiary/aromatic N) is 2. The average Bonchev–Trinajstić information content (AvgIpc) is 2.86. The van der Waals surface area contributed by atoms with Gasteiger partial charge in [0, 0.05) is 43.8 Å². The molecule has 0 aliphatic carbocycles. The Morgan fingerprint density at radius 3 is 2.64 bits per heavy atom. The molecule has 3 aromatic rings. The van der Waals surface area contributed by atoms with Crippen LogP contribution < -0.4 is 10.9 Å². The zero-order chi connectivity index (χ0) is 23.0. The quantitative estimate of drug-likeness (QED) is 0.555. The summed E-state index contributed by atoms with van der Waals surface area (Å²) in [6.45, 7) is 7.23. The van der Waals surface area contributed by atoms with E-state index in [9.17, 15) is 9.59 Å². The van der Waals surface area contributed by atoms with Gasteiger partial charge in [0.05, 0.1) is 19.8 Å². The third-order valence-electron chi connectivity index (χ3n) is 6.12. The van der Waals surface area contributed by atoms with Crippen LogP contribution in [-0.2, 0) is 24.2 Å². The van der Waals surface area contributed by atoms with E-state index < -0.39 is 0 Å². The fourth-order valence-corrected chi connectivity index (χ4v) is 4.07. The van der Waals surface area contributed by atoms with Crippen molar-refractivity contribution in [3.05, 3.63) is 81.6 Å². The van der Waals surface area contributed by atoms with Gasteiger partial charge in [0.15, 0.2) is 0 Å². The highest BCUT2D eigenvalue weighted by Crippen LogP contribution is 2.15. The highest BCUT2D eigenvalue weighted by Gasteiger charge is 2.18. The van der Waals surface area contributed by atoms with E-state index in [4.69, 9.17) is 4.74 Å². The number of aryl methyl sites for hydroxylation is 1. The topological polar surface area (TPSA) is 77.7 Å². The van der Waals surface area contributed by atoms with E-state index >= 15 is 0 Å². The largest absolute Gasteiger partial charge is 0.379 e. The van der Waals surface area contributed by atoms with E-state index in [1.54, 1.807) is 4.90 Å². The van der Waals surface area contributed by atoms with Gasteiger partial charge in [-0.1, -0.05) is 43.3 Å². The Bertz CT molecular complexity index is 1120. The molecule has 33 heavy (non-hydrogen) atoms. The maximum atomic E-state index is 13.1. The van der Waals surface area contributed by atoms with Gasteiger partial charge in [-0.15, -0.1) is 0 Å². The molecule has 1 aromatic heterocycles. The molecule has 0 unspecified atom stereocenters. The van der Waals surface area contributed by atoms with Crippen LogP contribution in [0.5, 0.6) is 0 Å². The zero-order valence-corrected chi connectivity index (χ0v) is 19.2. The van der Waals surface area contributed by atoms with Crippen LogP contribution in [0.2, 0.25) is 0 Å². The fourth-order valence-electron chi connectivity index (χ4n) is 4.07. The number of amides is 2. The summed E-state index contributed by atoms with van der Waals surface area (Å²) in [6, 6.07) is 17.7. The van der Waals surface area contributed by atoms with Crippen molar-refractivity contribution in [2.24, 2.45) is 0 Å². The Labute approximate surface area is 194 Å². The van der Waals surface area contributed by atoms with Crippen molar-refractivity contribution in [2.45, 2.75) is 26.4 Å². The van der Waals surface area contributed by atoms with Gasteiger partial charge in [-0.2, -0.15) is 0 Å². The Kier molecular flexibility index (Phi) is 7.75. The number of aromatic nitrogens is 1. The first-order chi connectivity index (χ1) is 16.1. The fraction of sp³-hybridized carbons (Fsp3) is 0.385. The Morgan fingerprint density at radius 2 is 1.88 bits per heavy atom. The van der Waals surface area contributed by atoms with Crippen molar-refractivity contribution in [3.63, 3.8) is 0 Å². The van der Waals surface area contributed by atoms with Crippen molar-refractivity contribution in [2.75, 3.05) is 39.4 Å². The van der Waals surface area contributed by atoms with Crippen LogP contribution in [0.15, 0.2) is 59.4 Å². The summed E-state index contributed by atoms with van der Waals surface area (Å²) >= 11 is 0. The Morgan fingerprint density at radius 1 is 1.09 bits per heavy atom. The first-order valence-corrected chi connectivity index (χ1v) is 11.6. The summed E-state index contributed by atoms with van der Waals surface area (Å²) < 4.78 is 5.43. The van der Waals surface area contributed by atoms with E-state index in [2.05, 4.69) is 28.2 Å². The number of aromatic amines is 1. The molecule has 1 fully saturated rings. The molecule has 174 valence electrons. The number of fused-ring (bicyclic) bond motifs is 1. The summed E-state index contributed by atoms with van der Waals surface area (Å²) in [5.74, 6) is 0. The average molecular weight is 449 g/mol. The van der Waals surface area contributed by atoms with Crippen LogP contribution in [0.4, 0.5) is 4.79 Å². The van der Waals surface area contributed by atoms with Gasteiger partial charge in [-0.3, -0.25) is 9.69 Å². The standard InChI is InChI=1S/C26H32N4O3/c1-2-20-8-9-24-22(16-20)17-23(25(31)28-24)19-30(11-10-29-12-14-33-15-13-29)26(32)27-18-21-6-4-3-5-7-21/h3-9,16-17H,2,10-15,18-19H2,1H3,(H,27,32)(H,28,31). The molecule has 7 heteroatoms. The summed E-state index contributed by atoms with van der Waals surface area (Å²) in [5, 5.41) is 4.00. The molecule has 0 bridgehead atoms. The number of carbonyl (C=O) groups is 1. The second kappa shape index (κ2) is 11.1. The number of pyridine rings is 1. The van der Waals surface area contributed by atoms with Crippen LogP contribution in [0, 0.1) is 0 Å². The van der Waals surface area contributed by atoms with Crippen LogP contribution in [0.1, 0.15) is 23.6 Å². The van der Waals surface area contributed by atoms with Crippen LogP contribution in [0.25, 0.3) is 10.9 Å². The predicted molar refractivity (Wildman–Crippen MR) is 130 cm³/mol. The molecule has 2 heterocycles. The number of nitrogens with one attached hydrogen (secondary N) is 2. The number of H-pyrrole nitrogens is 1. The Hall–Kier alpha value is -3.16.